The van der Waals surface area contributed by atoms with Crippen molar-refractivity contribution in [3.8, 4) is 5.75 Å². The summed E-state index contributed by atoms with van der Waals surface area (Å²) in [6, 6.07) is 19.1. The Balaban J connectivity index is 1.62. The van der Waals surface area contributed by atoms with Gasteiger partial charge in [0.15, 0.2) is 0 Å². The van der Waals surface area contributed by atoms with Gasteiger partial charge in [0.1, 0.15) is 11.9 Å². The van der Waals surface area contributed by atoms with Crippen molar-refractivity contribution in [3.63, 3.8) is 0 Å². The molecule has 20 heavy (non-hydrogen) atoms. The van der Waals surface area contributed by atoms with Crippen molar-refractivity contribution in [1.29, 1.82) is 0 Å². The second-order valence-corrected chi connectivity index (χ2v) is 5.56. The molecule has 0 bridgehead atoms. The van der Waals surface area contributed by atoms with E-state index >= 15 is 0 Å². The highest BCUT2D eigenvalue weighted by Gasteiger charge is 2.25. The summed E-state index contributed by atoms with van der Waals surface area (Å²) in [7, 11) is 0. The molecule has 0 spiro atoms. The average molecular weight is 267 g/mol. The Morgan fingerprint density at radius 1 is 0.900 bits per heavy atom. The number of nitrogens with two attached hydrogens (primary N) is 1. The lowest BCUT2D eigenvalue weighted by molar-refractivity contribution is 0.191. The van der Waals surface area contributed by atoms with E-state index in [0.29, 0.717) is 0 Å². The normalized spacial score (nSPS) is 21.9. The van der Waals surface area contributed by atoms with E-state index in [9.17, 15) is 0 Å². The topological polar surface area (TPSA) is 35.2 Å². The van der Waals surface area contributed by atoms with Crippen LogP contribution in [0.3, 0.4) is 0 Å². The molecule has 1 saturated carbocycles. The van der Waals surface area contributed by atoms with E-state index < -0.39 is 0 Å². The molecule has 2 nitrogen and oxygen atoms in total. The van der Waals surface area contributed by atoms with E-state index in [1.807, 2.05) is 6.07 Å². The molecule has 2 aromatic rings. The molecule has 2 N–H and O–H groups in total. The molecule has 3 rings (SSSR count). The van der Waals surface area contributed by atoms with Gasteiger partial charge in [0.2, 0.25) is 0 Å². The highest BCUT2D eigenvalue weighted by atomic mass is 16.5. The molecule has 2 unspecified atom stereocenters. The minimum Gasteiger partial charge on any atom is -0.489 e. The van der Waals surface area contributed by atoms with E-state index in [0.717, 1.165) is 25.0 Å². The smallest absolute Gasteiger partial charge is 0.119 e. The summed E-state index contributed by atoms with van der Waals surface area (Å²) >= 11 is 0. The molecule has 104 valence electrons. The average Bonchev–Trinajstić information content (AvgIpc) is 2.88. The van der Waals surface area contributed by atoms with Gasteiger partial charge in [-0.05, 0) is 48.9 Å². The second-order valence-electron chi connectivity index (χ2n) is 5.56. The minimum absolute atomic E-state index is 0.190. The maximum Gasteiger partial charge on any atom is 0.119 e. The Hall–Kier alpha value is -1.80. The van der Waals surface area contributed by atoms with E-state index in [4.69, 9.17) is 10.5 Å². The molecule has 2 heteroatoms. The highest BCUT2D eigenvalue weighted by Crippen LogP contribution is 2.24. The summed E-state index contributed by atoms with van der Waals surface area (Å²) in [5.41, 5.74) is 8.67. The summed E-state index contributed by atoms with van der Waals surface area (Å²) in [4.78, 5) is 0. The van der Waals surface area contributed by atoms with Crippen LogP contribution in [0.25, 0.3) is 0 Å². The van der Waals surface area contributed by atoms with Gasteiger partial charge in [-0.2, -0.15) is 0 Å². The van der Waals surface area contributed by atoms with Crippen LogP contribution in [-0.4, -0.2) is 12.1 Å². The first kappa shape index (κ1) is 13.2. The summed E-state index contributed by atoms with van der Waals surface area (Å²) in [6.07, 6.45) is 4.49. The fourth-order valence-electron chi connectivity index (χ4n) is 2.79. The SMILES string of the molecule is NC1CCCC1Oc1ccc(Cc2ccccc2)cc1. The van der Waals surface area contributed by atoms with Crippen LogP contribution in [0.15, 0.2) is 54.6 Å². The molecule has 0 saturated heterocycles. The fourth-order valence-corrected chi connectivity index (χ4v) is 2.79. The largest absolute Gasteiger partial charge is 0.489 e. The van der Waals surface area contributed by atoms with Crippen LogP contribution in [0.1, 0.15) is 30.4 Å². The Morgan fingerprint density at radius 3 is 2.25 bits per heavy atom. The number of ether oxygens (including phenoxy) is 1. The van der Waals surface area contributed by atoms with Crippen LogP contribution in [0.5, 0.6) is 5.75 Å². The molecular weight excluding hydrogens is 246 g/mol. The lowest BCUT2D eigenvalue weighted by atomic mass is 10.1. The maximum absolute atomic E-state index is 6.03. The second kappa shape index (κ2) is 6.10. The van der Waals surface area contributed by atoms with Gasteiger partial charge < -0.3 is 10.5 Å². The predicted molar refractivity (Wildman–Crippen MR) is 81.9 cm³/mol. The predicted octanol–water partition coefficient (Wildman–Crippen LogP) is 3.54. The van der Waals surface area contributed by atoms with Gasteiger partial charge in [-0.1, -0.05) is 42.5 Å². The van der Waals surface area contributed by atoms with E-state index in [-0.39, 0.29) is 12.1 Å². The van der Waals surface area contributed by atoms with Gasteiger partial charge in [0.05, 0.1) is 0 Å². The Morgan fingerprint density at radius 2 is 1.60 bits per heavy atom. The molecule has 0 amide bonds. The first-order valence-electron chi connectivity index (χ1n) is 7.36. The molecule has 2 aromatic carbocycles. The quantitative estimate of drug-likeness (QED) is 0.919. The van der Waals surface area contributed by atoms with Gasteiger partial charge in [0.25, 0.3) is 0 Å². The lowest BCUT2D eigenvalue weighted by Gasteiger charge is -2.18. The molecule has 2 atom stereocenters. The number of benzene rings is 2. The van der Waals surface area contributed by atoms with Crippen LogP contribution in [0.4, 0.5) is 0 Å². The zero-order valence-corrected chi connectivity index (χ0v) is 11.7. The molecule has 0 heterocycles. The molecule has 1 aliphatic carbocycles. The van der Waals surface area contributed by atoms with Crippen molar-refractivity contribution in [2.75, 3.05) is 0 Å². The van der Waals surface area contributed by atoms with E-state index in [1.165, 1.54) is 17.5 Å². The molecule has 1 aliphatic rings. The maximum atomic E-state index is 6.03. The van der Waals surface area contributed by atoms with Crippen LogP contribution in [0, 0.1) is 0 Å². The van der Waals surface area contributed by atoms with Crippen molar-refractivity contribution in [1.82, 2.24) is 0 Å². The summed E-state index contributed by atoms with van der Waals surface area (Å²) in [5.74, 6) is 0.934. The van der Waals surface area contributed by atoms with Crippen molar-refractivity contribution in [2.24, 2.45) is 5.73 Å². The molecular formula is C18H21NO. The molecule has 1 fully saturated rings. The van der Waals surface area contributed by atoms with Gasteiger partial charge in [-0.3, -0.25) is 0 Å². The van der Waals surface area contributed by atoms with Crippen LogP contribution in [0.2, 0.25) is 0 Å². The number of hydrogen-bond acceptors (Lipinski definition) is 2. The van der Waals surface area contributed by atoms with Crippen LogP contribution < -0.4 is 10.5 Å². The van der Waals surface area contributed by atoms with Gasteiger partial charge in [-0.25, -0.2) is 0 Å². The summed E-state index contributed by atoms with van der Waals surface area (Å²) < 4.78 is 5.97. The Kier molecular flexibility index (Phi) is 4.03. The van der Waals surface area contributed by atoms with Crippen molar-refractivity contribution in [3.05, 3.63) is 65.7 Å². The minimum atomic E-state index is 0.190. The van der Waals surface area contributed by atoms with Crippen molar-refractivity contribution >= 4 is 0 Å². The zero-order chi connectivity index (χ0) is 13.8. The standard InChI is InChI=1S/C18H21NO/c19-17-7-4-8-18(17)20-16-11-9-15(10-12-16)13-14-5-2-1-3-6-14/h1-3,5-6,9-12,17-18H,4,7-8,13,19H2. The summed E-state index contributed by atoms with van der Waals surface area (Å²) in [6.45, 7) is 0. The number of rotatable bonds is 4. The van der Waals surface area contributed by atoms with Gasteiger partial charge in [-0.15, -0.1) is 0 Å². The fraction of sp³-hybridized carbons (Fsp3) is 0.333. The Labute approximate surface area is 120 Å². The third-order valence-electron chi connectivity index (χ3n) is 3.97. The van der Waals surface area contributed by atoms with Crippen LogP contribution in [-0.2, 0) is 6.42 Å². The third-order valence-corrected chi connectivity index (χ3v) is 3.97. The third kappa shape index (κ3) is 3.20. The van der Waals surface area contributed by atoms with Gasteiger partial charge >= 0.3 is 0 Å². The molecule has 0 aliphatic heterocycles. The highest BCUT2D eigenvalue weighted by molar-refractivity contribution is 5.31. The Bertz CT molecular complexity index is 535. The van der Waals surface area contributed by atoms with E-state index in [2.05, 4.69) is 48.5 Å². The number of hydrogen-bond donors (Lipinski definition) is 1. The van der Waals surface area contributed by atoms with Gasteiger partial charge in [0, 0.05) is 6.04 Å². The van der Waals surface area contributed by atoms with E-state index in [1.54, 1.807) is 0 Å². The first-order chi connectivity index (χ1) is 9.81. The molecule has 0 aromatic heterocycles. The van der Waals surface area contributed by atoms with Crippen molar-refractivity contribution in [2.45, 2.75) is 37.8 Å². The zero-order valence-electron chi connectivity index (χ0n) is 11.7. The first-order valence-corrected chi connectivity index (χ1v) is 7.36. The monoisotopic (exact) mass is 267 g/mol. The van der Waals surface area contributed by atoms with Crippen molar-refractivity contribution < 1.29 is 4.74 Å². The van der Waals surface area contributed by atoms with Crippen LogP contribution >= 0.6 is 0 Å². The summed E-state index contributed by atoms with van der Waals surface area (Å²) in [5, 5.41) is 0. The molecule has 0 radical (unpaired) electrons. The lowest BCUT2D eigenvalue weighted by Crippen LogP contribution is -2.33.